The van der Waals surface area contributed by atoms with Gasteiger partial charge in [0.2, 0.25) is 0 Å². The molecule has 3 nitrogen and oxygen atoms in total. The summed E-state index contributed by atoms with van der Waals surface area (Å²) >= 11 is 0. The number of benzene rings is 1. The summed E-state index contributed by atoms with van der Waals surface area (Å²) in [4.78, 5) is 0. The van der Waals surface area contributed by atoms with Crippen LogP contribution >= 0.6 is 0 Å². The number of nitrogens with zero attached hydrogens (tertiary/aromatic N) is 2. The van der Waals surface area contributed by atoms with E-state index in [1.807, 2.05) is 10.7 Å². The number of aryl methyl sites for hydroxylation is 1. The van der Waals surface area contributed by atoms with Crippen molar-refractivity contribution < 1.29 is 4.39 Å². The van der Waals surface area contributed by atoms with Crippen molar-refractivity contribution in [1.82, 2.24) is 15.1 Å². The van der Waals surface area contributed by atoms with Crippen LogP contribution < -0.4 is 5.32 Å². The van der Waals surface area contributed by atoms with Gasteiger partial charge in [0.1, 0.15) is 5.82 Å². The third-order valence-corrected chi connectivity index (χ3v) is 3.69. The Morgan fingerprint density at radius 1 is 1.19 bits per heavy atom. The number of rotatable bonds is 7. The Labute approximate surface area is 126 Å². The first-order valence-electron chi connectivity index (χ1n) is 7.72. The van der Waals surface area contributed by atoms with Crippen LogP contribution in [-0.4, -0.2) is 16.3 Å². The number of aromatic nitrogens is 2. The Morgan fingerprint density at radius 3 is 2.62 bits per heavy atom. The predicted molar refractivity (Wildman–Crippen MR) is 83.9 cm³/mol. The first-order valence-corrected chi connectivity index (χ1v) is 7.72. The summed E-state index contributed by atoms with van der Waals surface area (Å²) < 4.78 is 15.4. The van der Waals surface area contributed by atoms with E-state index in [4.69, 9.17) is 5.10 Å². The molecule has 114 valence electrons. The normalized spacial score (nSPS) is 11.0. The molecule has 0 aliphatic rings. The van der Waals surface area contributed by atoms with Crippen molar-refractivity contribution in [3.8, 4) is 0 Å². The fourth-order valence-corrected chi connectivity index (χ4v) is 2.66. The van der Waals surface area contributed by atoms with Gasteiger partial charge in [-0.3, -0.25) is 4.68 Å². The summed E-state index contributed by atoms with van der Waals surface area (Å²) in [5.41, 5.74) is 4.64. The molecule has 0 aliphatic heterocycles. The first kappa shape index (κ1) is 15.7. The van der Waals surface area contributed by atoms with Gasteiger partial charge < -0.3 is 5.32 Å². The van der Waals surface area contributed by atoms with Gasteiger partial charge in [-0.15, -0.1) is 0 Å². The molecule has 0 amide bonds. The van der Waals surface area contributed by atoms with Crippen LogP contribution in [-0.2, 0) is 25.9 Å². The second kappa shape index (κ2) is 7.36. The Bertz CT molecular complexity index is 590. The van der Waals surface area contributed by atoms with Crippen LogP contribution in [0, 0.1) is 5.82 Å². The molecule has 0 unspecified atom stereocenters. The van der Waals surface area contributed by atoms with Gasteiger partial charge in [-0.1, -0.05) is 32.9 Å². The van der Waals surface area contributed by atoms with Crippen molar-refractivity contribution in [2.45, 2.75) is 46.7 Å². The molecule has 21 heavy (non-hydrogen) atoms. The number of hydrogen-bond donors (Lipinski definition) is 1. The molecule has 0 aliphatic carbocycles. The average molecular weight is 289 g/mol. The molecule has 2 aromatic rings. The Kier molecular flexibility index (Phi) is 5.51. The summed E-state index contributed by atoms with van der Waals surface area (Å²) in [6, 6.07) is 6.75. The van der Waals surface area contributed by atoms with E-state index in [9.17, 15) is 4.39 Å². The van der Waals surface area contributed by atoms with E-state index in [0.717, 1.165) is 37.2 Å². The van der Waals surface area contributed by atoms with Gasteiger partial charge in [-0.05, 0) is 37.1 Å². The van der Waals surface area contributed by atoms with E-state index < -0.39 is 0 Å². The molecule has 2 rings (SSSR count). The Hall–Kier alpha value is -1.68. The van der Waals surface area contributed by atoms with E-state index in [1.165, 1.54) is 17.3 Å². The zero-order valence-electron chi connectivity index (χ0n) is 13.1. The number of hydrogen-bond acceptors (Lipinski definition) is 2. The van der Waals surface area contributed by atoms with Crippen LogP contribution in [0.2, 0.25) is 0 Å². The highest BCUT2D eigenvalue weighted by molar-refractivity contribution is 5.28. The fraction of sp³-hybridized carbons (Fsp3) is 0.471. The molecule has 0 atom stereocenters. The molecule has 0 bridgehead atoms. The van der Waals surface area contributed by atoms with Crippen LogP contribution in [0.15, 0.2) is 24.3 Å². The monoisotopic (exact) mass is 289 g/mol. The van der Waals surface area contributed by atoms with Gasteiger partial charge in [0, 0.05) is 17.8 Å². The van der Waals surface area contributed by atoms with Gasteiger partial charge in [-0.25, -0.2) is 4.39 Å². The maximum Gasteiger partial charge on any atom is 0.123 e. The van der Waals surface area contributed by atoms with Crippen LogP contribution in [0.1, 0.15) is 43.3 Å². The zero-order chi connectivity index (χ0) is 15.2. The molecule has 0 radical (unpaired) electrons. The summed E-state index contributed by atoms with van der Waals surface area (Å²) in [6.07, 6.45) is 1.85. The average Bonchev–Trinajstić information content (AvgIpc) is 2.81. The largest absolute Gasteiger partial charge is 0.313 e. The second-order valence-corrected chi connectivity index (χ2v) is 5.15. The van der Waals surface area contributed by atoms with Gasteiger partial charge in [0.15, 0.2) is 0 Å². The highest BCUT2D eigenvalue weighted by atomic mass is 19.1. The van der Waals surface area contributed by atoms with Gasteiger partial charge in [0.05, 0.1) is 12.2 Å². The smallest absolute Gasteiger partial charge is 0.123 e. The van der Waals surface area contributed by atoms with Gasteiger partial charge in [-0.2, -0.15) is 5.10 Å². The quantitative estimate of drug-likeness (QED) is 0.847. The molecule has 0 saturated heterocycles. The van der Waals surface area contributed by atoms with Gasteiger partial charge >= 0.3 is 0 Å². The van der Waals surface area contributed by atoms with Crippen molar-refractivity contribution in [1.29, 1.82) is 0 Å². The van der Waals surface area contributed by atoms with Crippen LogP contribution in [0.3, 0.4) is 0 Å². The first-order chi connectivity index (χ1) is 10.2. The lowest BCUT2D eigenvalue weighted by Gasteiger charge is -2.08. The van der Waals surface area contributed by atoms with Gasteiger partial charge in [0.25, 0.3) is 0 Å². The lowest BCUT2D eigenvalue weighted by molar-refractivity contribution is 0.610. The maximum absolute atomic E-state index is 13.3. The number of nitrogens with one attached hydrogen (secondary N) is 1. The number of halogens is 1. The van der Waals surface area contributed by atoms with Crippen molar-refractivity contribution in [3.63, 3.8) is 0 Å². The molecular formula is C17H24FN3. The molecular weight excluding hydrogens is 265 g/mol. The molecule has 1 N–H and O–H groups in total. The second-order valence-electron chi connectivity index (χ2n) is 5.15. The van der Waals surface area contributed by atoms with Crippen LogP contribution in [0.5, 0.6) is 0 Å². The Balaban J connectivity index is 2.32. The van der Waals surface area contributed by atoms with E-state index in [2.05, 4.69) is 26.1 Å². The van der Waals surface area contributed by atoms with E-state index >= 15 is 0 Å². The van der Waals surface area contributed by atoms with E-state index in [0.29, 0.717) is 6.54 Å². The van der Waals surface area contributed by atoms with E-state index in [1.54, 1.807) is 12.1 Å². The Morgan fingerprint density at radius 2 is 2.00 bits per heavy atom. The van der Waals surface area contributed by atoms with Crippen molar-refractivity contribution in [2.75, 3.05) is 6.54 Å². The lowest BCUT2D eigenvalue weighted by Crippen LogP contribution is -2.14. The molecule has 1 aromatic heterocycles. The van der Waals surface area contributed by atoms with Crippen LogP contribution in [0.25, 0.3) is 0 Å². The SMILES string of the molecule is CCNCc1c(CC)nn(Cc2cccc(F)c2)c1CC. The third kappa shape index (κ3) is 3.70. The highest BCUT2D eigenvalue weighted by Crippen LogP contribution is 2.18. The minimum absolute atomic E-state index is 0.193. The van der Waals surface area contributed by atoms with E-state index in [-0.39, 0.29) is 5.82 Å². The molecule has 0 saturated carbocycles. The minimum Gasteiger partial charge on any atom is -0.313 e. The summed E-state index contributed by atoms with van der Waals surface area (Å²) in [5.74, 6) is -0.193. The zero-order valence-corrected chi connectivity index (χ0v) is 13.1. The standard InChI is InChI=1S/C17H24FN3/c1-4-16-15(11-19-6-3)17(5-2)21(20-16)12-13-8-7-9-14(18)10-13/h7-10,19H,4-6,11-12H2,1-3H3. The molecule has 1 aromatic carbocycles. The molecule has 0 spiro atoms. The topological polar surface area (TPSA) is 29.9 Å². The minimum atomic E-state index is -0.193. The fourth-order valence-electron chi connectivity index (χ4n) is 2.66. The highest BCUT2D eigenvalue weighted by Gasteiger charge is 2.15. The summed E-state index contributed by atoms with van der Waals surface area (Å²) in [6.45, 7) is 8.81. The molecule has 1 heterocycles. The van der Waals surface area contributed by atoms with Crippen molar-refractivity contribution >= 4 is 0 Å². The van der Waals surface area contributed by atoms with Crippen molar-refractivity contribution in [3.05, 3.63) is 52.6 Å². The predicted octanol–water partition coefficient (Wildman–Crippen LogP) is 3.30. The maximum atomic E-state index is 13.3. The molecule has 0 fully saturated rings. The summed E-state index contributed by atoms with van der Waals surface area (Å²) in [5, 5.41) is 8.12. The third-order valence-electron chi connectivity index (χ3n) is 3.69. The lowest BCUT2D eigenvalue weighted by atomic mass is 10.1. The van der Waals surface area contributed by atoms with Crippen LogP contribution in [0.4, 0.5) is 4.39 Å². The summed E-state index contributed by atoms with van der Waals surface area (Å²) in [7, 11) is 0. The molecule has 4 heteroatoms. The van der Waals surface area contributed by atoms with Crippen molar-refractivity contribution in [2.24, 2.45) is 0 Å².